The average molecular weight is 266 g/mol. The molecular weight excluding hydrogens is 243 g/mol. The minimum Gasteiger partial charge on any atom is -0.328 e. The summed E-state index contributed by atoms with van der Waals surface area (Å²) in [5, 5.41) is 2.63. The number of amides is 1. The van der Waals surface area contributed by atoms with Gasteiger partial charge >= 0.3 is 0 Å². The van der Waals surface area contributed by atoms with Gasteiger partial charge in [0.2, 0.25) is 5.91 Å². The highest BCUT2D eigenvalue weighted by Gasteiger charge is 2.14. The molecule has 106 valence electrons. The van der Waals surface area contributed by atoms with Gasteiger partial charge in [-0.25, -0.2) is 4.39 Å². The quantitative estimate of drug-likeness (QED) is 0.830. The van der Waals surface area contributed by atoms with Crippen molar-refractivity contribution in [3.05, 3.63) is 29.6 Å². The van der Waals surface area contributed by atoms with E-state index in [4.69, 9.17) is 5.73 Å². The predicted molar refractivity (Wildman–Crippen MR) is 76.4 cm³/mol. The highest BCUT2D eigenvalue weighted by atomic mass is 19.1. The fraction of sp³-hybridized carbons (Fsp3) is 0.533. The zero-order chi connectivity index (χ0) is 14.4. The van der Waals surface area contributed by atoms with E-state index >= 15 is 0 Å². The van der Waals surface area contributed by atoms with Crippen LogP contribution in [0.3, 0.4) is 0 Å². The standard InChI is InChI=1S/C15H23FN2O/c1-10-7-8-14(13(16)9-10)18-15(19)11(2)5-4-6-12(3)17/h7-9,11-12H,4-6,17H2,1-3H3,(H,18,19). The SMILES string of the molecule is Cc1ccc(NC(=O)C(C)CCCC(C)N)c(F)c1. The first kappa shape index (κ1) is 15.6. The summed E-state index contributed by atoms with van der Waals surface area (Å²) < 4.78 is 13.6. The number of hydrogen-bond donors (Lipinski definition) is 2. The molecule has 0 aromatic heterocycles. The second kappa shape index (κ2) is 7.24. The van der Waals surface area contributed by atoms with Crippen molar-refractivity contribution in [3.8, 4) is 0 Å². The summed E-state index contributed by atoms with van der Waals surface area (Å²) in [6.07, 6.45) is 2.57. The number of nitrogens with one attached hydrogen (secondary N) is 1. The molecule has 0 spiro atoms. The minimum absolute atomic E-state index is 0.139. The Morgan fingerprint density at radius 2 is 2.05 bits per heavy atom. The first-order valence-corrected chi connectivity index (χ1v) is 6.72. The van der Waals surface area contributed by atoms with E-state index < -0.39 is 5.82 Å². The van der Waals surface area contributed by atoms with Gasteiger partial charge in [-0.05, 0) is 44.4 Å². The van der Waals surface area contributed by atoms with E-state index in [0.717, 1.165) is 24.8 Å². The van der Waals surface area contributed by atoms with Crippen molar-refractivity contribution in [1.82, 2.24) is 0 Å². The van der Waals surface area contributed by atoms with Crippen LogP contribution in [0.1, 0.15) is 38.7 Å². The summed E-state index contributed by atoms with van der Waals surface area (Å²) in [5.41, 5.74) is 6.74. The molecule has 0 saturated heterocycles. The number of carbonyl (C=O) groups is 1. The molecule has 0 aliphatic heterocycles. The van der Waals surface area contributed by atoms with Gasteiger partial charge in [-0.2, -0.15) is 0 Å². The van der Waals surface area contributed by atoms with E-state index in [1.54, 1.807) is 12.1 Å². The Morgan fingerprint density at radius 1 is 1.37 bits per heavy atom. The van der Waals surface area contributed by atoms with Crippen molar-refractivity contribution in [1.29, 1.82) is 0 Å². The van der Waals surface area contributed by atoms with E-state index in [2.05, 4.69) is 5.32 Å². The lowest BCUT2D eigenvalue weighted by atomic mass is 10.0. The summed E-state index contributed by atoms with van der Waals surface area (Å²) in [6, 6.07) is 4.94. The van der Waals surface area contributed by atoms with Gasteiger partial charge < -0.3 is 11.1 Å². The van der Waals surface area contributed by atoms with Crippen LogP contribution in [0, 0.1) is 18.7 Å². The molecule has 0 fully saturated rings. The van der Waals surface area contributed by atoms with Crippen LogP contribution in [0.25, 0.3) is 0 Å². The summed E-state index contributed by atoms with van der Waals surface area (Å²) in [6.45, 7) is 5.61. The summed E-state index contributed by atoms with van der Waals surface area (Å²) in [4.78, 5) is 11.9. The third-order valence-corrected chi connectivity index (χ3v) is 3.13. The molecule has 3 nitrogen and oxygen atoms in total. The Bertz CT molecular complexity index is 432. The number of benzene rings is 1. The minimum atomic E-state index is -0.392. The Kier molecular flexibility index (Phi) is 5.96. The first-order valence-electron chi connectivity index (χ1n) is 6.72. The van der Waals surface area contributed by atoms with Gasteiger partial charge in [0.25, 0.3) is 0 Å². The van der Waals surface area contributed by atoms with Crippen molar-refractivity contribution in [2.75, 3.05) is 5.32 Å². The van der Waals surface area contributed by atoms with Gasteiger partial charge in [0.05, 0.1) is 5.69 Å². The van der Waals surface area contributed by atoms with Gasteiger partial charge in [0.1, 0.15) is 5.82 Å². The van der Waals surface area contributed by atoms with Crippen molar-refractivity contribution in [2.45, 2.75) is 46.1 Å². The normalized spacial score (nSPS) is 13.9. The second-order valence-corrected chi connectivity index (χ2v) is 5.28. The first-order chi connectivity index (χ1) is 8.90. The lowest BCUT2D eigenvalue weighted by molar-refractivity contribution is -0.119. The Labute approximate surface area is 114 Å². The monoisotopic (exact) mass is 266 g/mol. The van der Waals surface area contributed by atoms with Crippen molar-refractivity contribution in [3.63, 3.8) is 0 Å². The predicted octanol–water partition coefficient (Wildman–Crippen LogP) is 3.23. The zero-order valence-corrected chi connectivity index (χ0v) is 11.9. The molecule has 19 heavy (non-hydrogen) atoms. The zero-order valence-electron chi connectivity index (χ0n) is 11.9. The molecule has 2 unspecified atom stereocenters. The van der Waals surface area contributed by atoms with E-state index in [1.807, 2.05) is 20.8 Å². The number of hydrogen-bond acceptors (Lipinski definition) is 2. The number of carbonyl (C=O) groups excluding carboxylic acids is 1. The molecule has 2 atom stereocenters. The maximum Gasteiger partial charge on any atom is 0.227 e. The molecule has 0 aliphatic carbocycles. The number of rotatable bonds is 6. The van der Waals surface area contributed by atoms with Crippen LogP contribution >= 0.6 is 0 Å². The van der Waals surface area contributed by atoms with E-state index in [9.17, 15) is 9.18 Å². The maximum absolute atomic E-state index is 13.6. The van der Waals surface area contributed by atoms with Crippen LogP contribution in [-0.2, 0) is 4.79 Å². The third kappa shape index (κ3) is 5.39. The van der Waals surface area contributed by atoms with E-state index in [-0.39, 0.29) is 23.6 Å². The van der Waals surface area contributed by atoms with Gasteiger partial charge in [0.15, 0.2) is 0 Å². The molecule has 1 rings (SSSR count). The third-order valence-electron chi connectivity index (χ3n) is 3.13. The highest BCUT2D eigenvalue weighted by molar-refractivity contribution is 5.92. The lowest BCUT2D eigenvalue weighted by Crippen LogP contribution is -2.22. The van der Waals surface area contributed by atoms with Crippen LogP contribution in [0.4, 0.5) is 10.1 Å². The van der Waals surface area contributed by atoms with Crippen LogP contribution in [0.5, 0.6) is 0 Å². The molecule has 0 saturated carbocycles. The largest absolute Gasteiger partial charge is 0.328 e. The van der Waals surface area contributed by atoms with E-state index in [1.165, 1.54) is 6.07 Å². The van der Waals surface area contributed by atoms with Crippen LogP contribution in [0.2, 0.25) is 0 Å². The number of nitrogens with two attached hydrogens (primary N) is 1. The van der Waals surface area contributed by atoms with Crippen LogP contribution < -0.4 is 11.1 Å². The number of aryl methyl sites for hydroxylation is 1. The molecule has 4 heteroatoms. The number of halogens is 1. The van der Waals surface area contributed by atoms with Crippen molar-refractivity contribution >= 4 is 11.6 Å². The molecule has 1 aromatic rings. The average Bonchev–Trinajstić information content (AvgIpc) is 2.32. The van der Waals surface area contributed by atoms with E-state index in [0.29, 0.717) is 0 Å². The van der Waals surface area contributed by atoms with Crippen molar-refractivity contribution in [2.24, 2.45) is 11.7 Å². The highest BCUT2D eigenvalue weighted by Crippen LogP contribution is 2.17. The summed E-state index contributed by atoms with van der Waals surface area (Å²) in [7, 11) is 0. The molecule has 3 N–H and O–H groups in total. The van der Waals surface area contributed by atoms with Gasteiger partial charge in [-0.3, -0.25) is 4.79 Å². The Balaban J connectivity index is 2.49. The fourth-order valence-corrected chi connectivity index (χ4v) is 1.85. The summed E-state index contributed by atoms with van der Waals surface area (Å²) >= 11 is 0. The van der Waals surface area contributed by atoms with Crippen LogP contribution in [-0.4, -0.2) is 11.9 Å². The lowest BCUT2D eigenvalue weighted by Gasteiger charge is -2.13. The smallest absolute Gasteiger partial charge is 0.227 e. The number of anilines is 1. The Morgan fingerprint density at radius 3 is 2.63 bits per heavy atom. The molecular formula is C15H23FN2O. The topological polar surface area (TPSA) is 55.1 Å². The second-order valence-electron chi connectivity index (χ2n) is 5.28. The van der Waals surface area contributed by atoms with Crippen LogP contribution in [0.15, 0.2) is 18.2 Å². The van der Waals surface area contributed by atoms with Crippen molar-refractivity contribution < 1.29 is 9.18 Å². The molecule has 1 aromatic carbocycles. The van der Waals surface area contributed by atoms with Gasteiger partial charge in [-0.1, -0.05) is 19.4 Å². The molecule has 0 aliphatic rings. The fourth-order valence-electron chi connectivity index (χ4n) is 1.85. The summed E-state index contributed by atoms with van der Waals surface area (Å²) in [5.74, 6) is -0.678. The molecule has 0 radical (unpaired) electrons. The molecule has 0 heterocycles. The molecule has 0 bridgehead atoms. The van der Waals surface area contributed by atoms with Gasteiger partial charge in [-0.15, -0.1) is 0 Å². The molecule has 1 amide bonds. The van der Waals surface area contributed by atoms with Gasteiger partial charge in [0, 0.05) is 12.0 Å². The maximum atomic E-state index is 13.6. The Hall–Kier alpha value is -1.42.